The molecule has 0 aromatic rings. The number of rotatable bonds is 54. The highest BCUT2D eigenvalue weighted by atomic mass is 16.6. The molecule has 0 saturated carbocycles. The van der Waals surface area contributed by atoms with Gasteiger partial charge in [-0.15, -0.1) is 0 Å². The summed E-state index contributed by atoms with van der Waals surface area (Å²) in [5.41, 5.74) is 0. The van der Waals surface area contributed by atoms with Crippen LogP contribution in [0.15, 0.2) is 24.3 Å². The third kappa shape index (κ3) is 52.9. The van der Waals surface area contributed by atoms with Crippen LogP contribution in [0, 0.1) is 0 Å². The van der Waals surface area contributed by atoms with E-state index >= 15 is 0 Å². The third-order valence-corrected chi connectivity index (χ3v) is 13.2. The van der Waals surface area contributed by atoms with Crippen molar-refractivity contribution < 1.29 is 28.6 Å². The first-order valence-corrected chi connectivity index (χ1v) is 29.3. The van der Waals surface area contributed by atoms with Crippen LogP contribution >= 0.6 is 0 Å². The highest BCUT2D eigenvalue weighted by molar-refractivity contribution is 5.71. The highest BCUT2D eigenvalue weighted by Crippen LogP contribution is 2.17. The Bertz CT molecular complexity index is 1070. The van der Waals surface area contributed by atoms with Crippen LogP contribution < -0.4 is 0 Å². The van der Waals surface area contributed by atoms with Crippen LogP contribution in [0.5, 0.6) is 0 Å². The quantitative estimate of drug-likeness (QED) is 0.0262. The Morgan fingerprint density at radius 1 is 0.288 bits per heavy atom. The molecular formula is C60H112O6. The molecule has 6 heteroatoms. The average molecular weight is 930 g/mol. The van der Waals surface area contributed by atoms with Gasteiger partial charge in [0.05, 0.1) is 0 Å². The summed E-state index contributed by atoms with van der Waals surface area (Å²) in [7, 11) is 0. The van der Waals surface area contributed by atoms with Gasteiger partial charge in [-0.05, 0) is 70.6 Å². The van der Waals surface area contributed by atoms with Crippen molar-refractivity contribution in [3.8, 4) is 0 Å². The van der Waals surface area contributed by atoms with Gasteiger partial charge in [0.2, 0.25) is 0 Å². The van der Waals surface area contributed by atoms with E-state index in [1.54, 1.807) is 0 Å². The highest BCUT2D eigenvalue weighted by Gasteiger charge is 2.19. The number of allylic oxidation sites excluding steroid dienone is 4. The van der Waals surface area contributed by atoms with E-state index in [9.17, 15) is 14.4 Å². The first kappa shape index (κ1) is 63.9. The van der Waals surface area contributed by atoms with E-state index in [-0.39, 0.29) is 31.1 Å². The van der Waals surface area contributed by atoms with Gasteiger partial charge in [0.1, 0.15) is 13.2 Å². The van der Waals surface area contributed by atoms with Crippen LogP contribution in [0.1, 0.15) is 323 Å². The van der Waals surface area contributed by atoms with E-state index in [4.69, 9.17) is 14.2 Å². The maximum Gasteiger partial charge on any atom is 0.306 e. The Labute approximate surface area is 411 Å². The Morgan fingerprint density at radius 2 is 0.500 bits per heavy atom. The van der Waals surface area contributed by atoms with Gasteiger partial charge in [-0.1, -0.05) is 257 Å². The SMILES string of the molecule is CCCCCC/C=C\CCCCCCCCCC(=O)OCC(COC(=O)CCCCCCCCCCCCCCCCCCCC)OC(=O)CCCCCCCCC/C=C\CCCCCC. The summed E-state index contributed by atoms with van der Waals surface area (Å²) in [4.78, 5) is 38.2. The molecule has 0 rings (SSSR count). The number of ether oxygens (including phenoxy) is 3. The van der Waals surface area contributed by atoms with Crippen molar-refractivity contribution >= 4 is 17.9 Å². The monoisotopic (exact) mass is 929 g/mol. The van der Waals surface area contributed by atoms with Crippen molar-refractivity contribution in [3.05, 3.63) is 24.3 Å². The summed E-state index contributed by atoms with van der Waals surface area (Å²) in [6.45, 7) is 6.66. The molecule has 0 heterocycles. The number of esters is 3. The van der Waals surface area contributed by atoms with Crippen molar-refractivity contribution in [3.63, 3.8) is 0 Å². The van der Waals surface area contributed by atoms with Crippen molar-refractivity contribution in [2.45, 2.75) is 329 Å². The molecule has 0 fully saturated rings. The maximum atomic E-state index is 12.8. The molecule has 0 aromatic heterocycles. The molecule has 0 saturated heterocycles. The minimum absolute atomic E-state index is 0.0697. The molecule has 388 valence electrons. The summed E-state index contributed by atoms with van der Waals surface area (Å²) >= 11 is 0. The van der Waals surface area contributed by atoms with Crippen LogP contribution in [-0.4, -0.2) is 37.2 Å². The molecule has 6 nitrogen and oxygen atoms in total. The Morgan fingerprint density at radius 3 is 0.773 bits per heavy atom. The number of carbonyl (C=O) groups excluding carboxylic acids is 3. The van der Waals surface area contributed by atoms with Crippen LogP contribution in [0.3, 0.4) is 0 Å². The summed E-state index contributed by atoms with van der Waals surface area (Å²) in [5.74, 6) is -0.858. The second-order valence-corrected chi connectivity index (χ2v) is 19.9. The molecule has 0 aliphatic carbocycles. The average Bonchev–Trinajstić information content (AvgIpc) is 3.31. The molecule has 1 unspecified atom stereocenters. The molecule has 0 aromatic carbocycles. The van der Waals surface area contributed by atoms with Gasteiger partial charge in [0.25, 0.3) is 0 Å². The molecule has 1 atom stereocenters. The predicted octanol–water partition coefficient (Wildman–Crippen LogP) is 19.5. The Hall–Kier alpha value is -2.11. The van der Waals surface area contributed by atoms with Crippen LogP contribution in [0.4, 0.5) is 0 Å². The predicted molar refractivity (Wildman–Crippen MR) is 284 cm³/mol. The number of hydrogen-bond donors (Lipinski definition) is 0. The zero-order valence-electron chi connectivity index (χ0n) is 44.5. The fourth-order valence-electron chi connectivity index (χ4n) is 8.73. The normalized spacial score (nSPS) is 12.1. The minimum atomic E-state index is -0.771. The molecule has 0 aliphatic rings. The van der Waals surface area contributed by atoms with Gasteiger partial charge in [0, 0.05) is 19.3 Å². The second kappa shape index (κ2) is 55.5. The maximum absolute atomic E-state index is 12.8. The molecule has 0 spiro atoms. The fraction of sp³-hybridized carbons (Fsp3) is 0.883. The lowest BCUT2D eigenvalue weighted by molar-refractivity contribution is -0.167. The van der Waals surface area contributed by atoms with Crippen molar-refractivity contribution in [2.24, 2.45) is 0 Å². The molecule has 0 N–H and O–H groups in total. The zero-order chi connectivity index (χ0) is 47.9. The third-order valence-electron chi connectivity index (χ3n) is 13.2. The molecule has 0 radical (unpaired) electrons. The van der Waals surface area contributed by atoms with Gasteiger partial charge in [0.15, 0.2) is 6.10 Å². The van der Waals surface area contributed by atoms with Crippen molar-refractivity contribution in [1.82, 2.24) is 0 Å². The van der Waals surface area contributed by atoms with Crippen LogP contribution in [-0.2, 0) is 28.6 Å². The summed E-state index contributed by atoms with van der Waals surface area (Å²) in [6.07, 6.45) is 64.5. The van der Waals surface area contributed by atoms with Gasteiger partial charge in [-0.25, -0.2) is 0 Å². The van der Waals surface area contributed by atoms with E-state index in [1.807, 2.05) is 0 Å². The van der Waals surface area contributed by atoms with Crippen molar-refractivity contribution in [1.29, 1.82) is 0 Å². The molecule has 0 bridgehead atoms. The Kier molecular flexibility index (Phi) is 53.7. The number of hydrogen-bond acceptors (Lipinski definition) is 6. The van der Waals surface area contributed by atoms with E-state index in [0.29, 0.717) is 19.3 Å². The van der Waals surface area contributed by atoms with Gasteiger partial charge < -0.3 is 14.2 Å². The van der Waals surface area contributed by atoms with E-state index in [1.165, 1.54) is 225 Å². The Balaban J connectivity index is 4.32. The number of unbranched alkanes of at least 4 members (excludes halogenated alkanes) is 39. The summed E-state index contributed by atoms with van der Waals surface area (Å²) in [5, 5.41) is 0. The fourth-order valence-corrected chi connectivity index (χ4v) is 8.73. The van der Waals surface area contributed by atoms with Gasteiger partial charge in [-0.3, -0.25) is 14.4 Å². The lowest BCUT2D eigenvalue weighted by Gasteiger charge is -2.18. The summed E-state index contributed by atoms with van der Waals surface area (Å²) < 4.78 is 16.9. The molecular weight excluding hydrogens is 817 g/mol. The van der Waals surface area contributed by atoms with Crippen LogP contribution in [0.25, 0.3) is 0 Å². The van der Waals surface area contributed by atoms with Gasteiger partial charge in [-0.2, -0.15) is 0 Å². The second-order valence-electron chi connectivity index (χ2n) is 19.9. The minimum Gasteiger partial charge on any atom is -0.462 e. The topological polar surface area (TPSA) is 78.9 Å². The van der Waals surface area contributed by atoms with Crippen molar-refractivity contribution in [2.75, 3.05) is 13.2 Å². The van der Waals surface area contributed by atoms with E-state index < -0.39 is 6.10 Å². The molecule has 66 heavy (non-hydrogen) atoms. The molecule has 0 amide bonds. The molecule has 0 aliphatic heterocycles. The lowest BCUT2D eigenvalue weighted by atomic mass is 10.0. The largest absolute Gasteiger partial charge is 0.462 e. The smallest absolute Gasteiger partial charge is 0.306 e. The standard InChI is InChI=1S/C60H112O6/c1-4-7-10-13-16-19-22-25-28-29-30-33-35-38-41-44-47-50-53-59(62)65-56-57(66-60(63)54-51-48-45-42-39-36-32-27-24-21-18-15-12-9-6-3)55-64-58(61)52-49-46-43-40-37-34-31-26-23-20-17-14-11-8-5-2/h20-21,23-24,57H,4-19,22,25-56H2,1-3H3/b23-20-,24-21-. The van der Waals surface area contributed by atoms with E-state index in [0.717, 1.165) is 57.8 Å². The first-order valence-electron chi connectivity index (χ1n) is 29.3. The first-order chi connectivity index (χ1) is 32.5. The lowest BCUT2D eigenvalue weighted by Crippen LogP contribution is -2.30. The van der Waals surface area contributed by atoms with Gasteiger partial charge >= 0.3 is 17.9 Å². The number of carbonyl (C=O) groups is 3. The summed E-state index contributed by atoms with van der Waals surface area (Å²) in [6, 6.07) is 0. The van der Waals surface area contributed by atoms with E-state index in [2.05, 4.69) is 45.1 Å². The van der Waals surface area contributed by atoms with Crippen LogP contribution in [0.2, 0.25) is 0 Å². The zero-order valence-corrected chi connectivity index (χ0v) is 44.5.